The first kappa shape index (κ1) is 42.7. The van der Waals surface area contributed by atoms with Crippen molar-refractivity contribution >= 4 is 55.8 Å². The molecule has 1 heterocycles. The van der Waals surface area contributed by atoms with Crippen molar-refractivity contribution in [3.8, 4) is 0 Å². The second-order valence-corrected chi connectivity index (χ2v) is 17.7. The van der Waals surface area contributed by atoms with E-state index >= 15 is 0 Å². The Morgan fingerprint density at radius 3 is 2.10 bits per heavy atom. The van der Waals surface area contributed by atoms with Crippen LogP contribution in [0.25, 0.3) is 0 Å². The van der Waals surface area contributed by atoms with Crippen LogP contribution in [0.5, 0.6) is 0 Å². The molecule has 58 heavy (non-hydrogen) atoms. The minimum absolute atomic E-state index is 0.0208. The van der Waals surface area contributed by atoms with Gasteiger partial charge in [-0.3, -0.25) is 14.4 Å². The van der Waals surface area contributed by atoms with Crippen molar-refractivity contribution in [2.24, 2.45) is 5.92 Å². The molecule has 0 saturated heterocycles. The van der Waals surface area contributed by atoms with Gasteiger partial charge in [-0.25, -0.2) is 13.2 Å². The van der Waals surface area contributed by atoms with Crippen LogP contribution in [0.4, 0.5) is 10.7 Å². The third-order valence-corrected chi connectivity index (χ3v) is 14.2. The largest absolute Gasteiger partial charge is 0.469 e. The topological polar surface area (TPSA) is 157 Å². The summed E-state index contributed by atoms with van der Waals surface area (Å²) in [6.45, 7) is 0.312. The van der Waals surface area contributed by atoms with Gasteiger partial charge in [-0.2, -0.15) is 4.31 Å². The predicted octanol–water partition coefficient (Wildman–Crippen LogP) is 7.46. The normalized spacial score (nSPS) is 16.6. The van der Waals surface area contributed by atoms with E-state index in [-0.39, 0.29) is 53.4 Å². The van der Waals surface area contributed by atoms with Crippen molar-refractivity contribution in [1.82, 2.24) is 4.31 Å². The Kier molecular flexibility index (Phi) is 14.5. The van der Waals surface area contributed by atoms with Crippen molar-refractivity contribution in [2.75, 3.05) is 45.1 Å². The van der Waals surface area contributed by atoms with Gasteiger partial charge in [0.1, 0.15) is 5.00 Å². The van der Waals surface area contributed by atoms with Gasteiger partial charge in [0, 0.05) is 35.8 Å². The lowest BCUT2D eigenvalue weighted by molar-refractivity contribution is -0.146. The zero-order chi connectivity index (χ0) is 41.2. The number of carbonyl (C=O) groups excluding carboxylic acids is 4. The Hall–Kier alpha value is -4.89. The number of benzene rings is 3. The number of ether oxygens (including phenoxy) is 3. The quantitative estimate of drug-likeness (QED) is 0.109. The van der Waals surface area contributed by atoms with Gasteiger partial charge in [0.25, 0.3) is 11.8 Å². The number of amides is 2. The molecule has 308 valence electrons. The lowest BCUT2D eigenvalue weighted by Crippen LogP contribution is -2.44. The Bertz CT molecular complexity index is 2190. The van der Waals surface area contributed by atoms with Crippen molar-refractivity contribution in [2.45, 2.75) is 81.6 Å². The Balaban J connectivity index is 1.13. The summed E-state index contributed by atoms with van der Waals surface area (Å²) >= 11 is 1.39. The number of methoxy groups -OCH3 is 3. The second-order valence-electron chi connectivity index (χ2n) is 14.7. The molecule has 0 spiro atoms. The number of carbonyl (C=O) groups is 4. The Morgan fingerprint density at radius 2 is 1.45 bits per heavy atom. The van der Waals surface area contributed by atoms with E-state index < -0.39 is 15.9 Å². The highest BCUT2D eigenvalue weighted by Crippen LogP contribution is 2.39. The molecule has 14 heteroatoms. The highest BCUT2D eigenvalue weighted by atomic mass is 32.2. The van der Waals surface area contributed by atoms with Crippen LogP contribution in [0.1, 0.15) is 97.6 Å². The molecular weight excluding hydrogens is 779 g/mol. The Labute approximate surface area is 344 Å². The molecule has 12 nitrogen and oxygen atoms in total. The number of nitrogens with zero attached hydrogens (tertiary/aromatic N) is 1. The molecule has 2 amide bonds. The number of thiophene rings is 1. The van der Waals surface area contributed by atoms with E-state index in [1.165, 1.54) is 49.1 Å². The fraction of sp³-hybridized carbons (Fsp3) is 0.409. The van der Waals surface area contributed by atoms with Crippen molar-refractivity contribution in [1.29, 1.82) is 0 Å². The van der Waals surface area contributed by atoms with Gasteiger partial charge in [0.2, 0.25) is 10.0 Å². The van der Waals surface area contributed by atoms with E-state index in [1.54, 1.807) is 24.3 Å². The molecule has 0 aliphatic heterocycles. The number of hydrogen-bond donors (Lipinski definition) is 2. The maximum atomic E-state index is 14.1. The number of sulfonamides is 1. The smallest absolute Gasteiger partial charge is 0.337 e. The number of rotatable bonds is 16. The summed E-state index contributed by atoms with van der Waals surface area (Å²) in [5.74, 6) is -1.73. The van der Waals surface area contributed by atoms with E-state index in [9.17, 15) is 27.6 Å². The van der Waals surface area contributed by atoms with Crippen LogP contribution < -0.4 is 10.6 Å². The molecule has 0 unspecified atom stereocenters. The number of hydrogen-bond acceptors (Lipinski definition) is 10. The van der Waals surface area contributed by atoms with Crippen LogP contribution in [-0.2, 0) is 54.7 Å². The van der Waals surface area contributed by atoms with Gasteiger partial charge >= 0.3 is 11.9 Å². The lowest BCUT2D eigenvalue weighted by atomic mass is 9.86. The third-order valence-electron chi connectivity index (χ3n) is 11.0. The fourth-order valence-electron chi connectivity index (χ4n) is 7.82. The summed E-state index contributed by atoms with van der Waals surface area (Å²) in [4.78, 5) is 52.7. The van der Waals surface area contributed by atoms with E-state index in [2.05, 4.69) is 10.6 Å². The lowest BCUT2D eigenvalue weighted by Gasteiger charge is -2.35. The fourth-order valence-corrected chi connectivity index (χ4v) is 10.8. The molecule has 0 radical (unpaired) electrons. The molecule has 2 N–H and O–H groups in total. The number of aryl methyl sites for hydroxylation is 3. The number of nitrogens with one attached hydrogen (secondary N) is 2. The zero-order valence-corrected chi connectivity index (χ0v) is 34.8. The number of fused-ring (bicyclic) bond motifs is 1. The summed E-state index contributed by atoms with van der Waals surface area (Å²) < 4.78 is 44.7. The maximum Gasteiger partial charge on any atom is 0.337 e. The zero-order valence-electron chi connectivity index (χ0n) is 33.2. The van der Waals surface area contributed by atoms with Crippen LogP contribution in [0.15, 0.2) is 77.7 Å². The average molecular weight is 830 g/mol. The first-order valence-corrected chi connectivity index (χ1v) is 22.0. The van der Waals surface area contributed by atoms with Gasteiger partial charge in [-0.05, 0) is 130 Å². The second kappa shape index (κ2) is 19.7. The van der Waals surface area contributed by atoms with Gasteiger partial charge in [-0.1, -0.05) is 30.3 Å². The predicted molar refractivity (Wildman–Crippen MR) is 223 cm³/mol. The minimum atomic E-state index is -4.05. The van der Waals surface area contributed by atoms with Crippen LogP contribution in [-0.4, -0.2) is 77.0 Å². The maximum absolute atomic E-state index is 14.1. The average Bonchev–Trinajstić information content (AvgIpc) is 3.62. The molecule has 6 rings (SSSR count). The molecule has 0 bridgehead atoms. The molecule has 1 saturated carbocycles. The molecule has 0 atom stereocenters. The standard InChI is InChI=1S/C44H51N3O9S2/c1-54-27-26-47(35-24-20-32(21-25-35)44(51)56-3)58(52,53)36-11-7-10-33(28-36)40(48)46-42-39(37-12-4-5-13-38(37)57-42)41(49)45-34-22-16-30(17-23-34)9-6-8-29-14-18-31(19-15-29)43(50)55-2/h7,10-11,14-19,22-23,28,32,35H,4-6,8-9,12-13,20-21,24-27H2,1-3H3,(H,45,49)(H,46,48)/t32-,35-. The summed E-state index contributed by atoms with van der Waals surface area (Å²) in [6.07, 6.45) is 8.10. The van der Waals surface area contributed by atoms with Gasteiger partial charge < -0.3 is 24.8 Å². The minimum Gasteiger partial charge on any atom is -0.469 e. The Morgan fingerprint density at radius 1 is 0.776 bits per heavy atom. The van der Waals surface area contributed by atoms with Crippen molar-refractivity contribution < 1.29 is 41.8 Å². The van der Waals surface area contributed by atoms with Crippen LogP contribution in [0.3, 0.4) is 0 Å². The van der Waals surface area contributed by atoms with Gasteiger partial charge in [0.05, 0.1) is 42.8 Å². The highest BCUT2D eigenvalue weighted by molar-refractivity contribution is 7.89. The van der Waals surface area contributed by atoms with E-state index in [0.29, 0.717) is 47.5 Å². The molecule has 1 aromatic heterocycles. The van der Waals surface area contributed by atoms with Gasteiger partial charge in [0.15, 0.2) is 0 Å². The highest BCUT2D eigenvalue weighted by Gasteiger charge is 2.36. The molecule has 1 fully saturated rings. The molecule has 2 aliphatic rings. The number of esters is 2. The summed E-state index contributed by atoms with van der Waals surface area (Å²) in [7, 11) is 0.188. The third kappa shape index (κ3) is 10.2. The van der Waals surface area contributed by atoms with Gasteiger partial charge in [-0.15, -0.1) is 11.3 Å². The van der Waals surface area contributed by atoms with E-state index in [0.717, 1.165) is 66.5 Å². The monoisotopic (exact) mass is 829 g/mol. The molecule has 4 aromatic rings. The summed E-state index contributed by atoms with van der Waals surface area (Å²) in [6, 6.07) is 20.8. The summed E-state index contributed by atoms with van der Waals surface area (Å²) in [5.41, 5.74) is 4.94. The first-order chi connectivity index (χ1) is 28.0. The number of anilines is 2. The van der Waals surface area contributed by atoms with E-state index in [1.807, 2.05) is 36.4 Å². The van der Waals surface area contributed by atoms with Crippen molar-refractivity contribution in [3.05, 3.63) is 111 Å². The molecule has 2 aliphatic carbocycles. The first-order valence-electron chi connectivity index (χ1n) is 19.7. The SMILES string of the molecule is COCCN([C@H]1CC[C@H](C(=O)OC)CC1)S(=O)(=O)c1cccc(C(=O)Nc2sc3c(c2C(=O)Nc2ccc(CCCc4ccc(C(=O)OC)cc4)cc2)CCCC3)c1. The van der Waals surface area contributed by atoms with E-state index in [4.69, 9.17) is 14.2 Å². The van der Waals surface area contributed by atoms with Crippen LogP contribution >= 0.6 is 11.3 Å². The molecule has 3 aromatic carbocycles. The van der Waals surface area contributed by atoms with Crippen molar-refractivity contribution in [3.63, 3.8) is 0 Å². The van der Waals surface area contributed by atoms with Crippen LogP contribution in [0.2, 0.25) is 0 Å². The molecular formula is C44H51N3O9S2. The summed E-state index contributed by atoms with van der Waals surface area (Å²) in [5, 5.41) is 6.43. The van der Waals surface area contributed by atoms with Crippen LogP contribution in [0, 0.1) is 5.92 Å².